The van der Waals surface area contributed by atoms with Crippen molar-refractivity contribution in [1.29, 1.82) is 0 Å². The molecule has 0 atom stereocenters. The van der Waals surface area contributed by atoms with Gasteiger partial charge in [0.1, 0.15) is 0 Å². The standard InChI is InChI=1S/C13H15N3O2/c17-13(16-6-8-18-9-7-16)15-11-3-1-2-10-4-5-14-12(10)11/h1-5,14H,6-9H2,(H,15,17). The molecule has 1 saturated heterocycles. The lowest BCUT2D eigenvalue weighted by Gasteiger charge is -2.27. The van der Waals surface area contributed by atoms with Crippen molar-refractivity contribution in [3.63, 3.8) is 0 Å². The van der Waals surface area contributed by atoms with E-state index in [0.717, 1.165) is 16.6 Å². The van der Waals surface area contributed by atoms with Gasteiger partial charge in [-0.3, -0.25) is 0 Å². The van der Waals surface area contributed by atoms with Crippen molar-refractivity contribution in [2.75, 3.05) is 31.6 Å². The van der Waals surface area contributed by atoms with Gasteiger partial charge in [0, 0.05) is 24.7 Å². The number of benzene rings is 1. The summed E-state index contributed by atoms with van der Waals surface area (Å²) in [6.07, 6.45) is 1.87. The molecule has 1 aromatic heterocycles. The van der Waals surface area contributed by atoms with E-state index in [1.807, 2.05) is 30.5 Å². The Bertz CT molecular complexity index is 558. The fourth-order valence-electron chi connectivity index (χ4n) is 2.15. The number of ether oxygens (including phenoxy) is 1. The number of carbonyl (C=O) groups is 1. The van der Waals surface area contributed by atoms with E-state index in [2.05, 4.69) is 10.3 Å². The molecule has 5 heteroatoms. The molecule has 2 aromatic rings. The molecule has 0 aliphatic carbocycles. The number of hydrogen-bond donors (Lipinski definition) is 2. The highest BCUT2D eigenvalue weighted by Crippen LogP contribution is 2.21. The number of nitrogens with one attached hydrogen (secondary N) is 2. The topological polar surface area (TPSA) is 57.4 Å². The van der Waals surface area contributed by atoms with Crippen molar-refractivity contribution in [3.05, 3.63) is 30.5 Å². The third kappa shape index (κ3) is 2.04. The first-order valence-electron chi connectivity index (χ1n) is 6.04. The minimum atomic E-state index is -0.0691. The van der Waals surface area contributed by atoms with Gasteiger partial charge in [-0.1, -0.05) is 12.1 Å². The average molecular weight is 245 g/mol. The Morgan fingerprint density at radius 1 is 1.28 bits per heavy atom. The molecule has 3 rings (SSSR count). The summed E-state index contributed by atoms with van der Waals surface area (Å²) in [7, 11) is 0. The van der Waals surface area contributed by atoms with Gasteiger partial charge in [0.15, 0.2) is 0 Å². The van der Waals surface area contributed by atoms with Crippen LogP contribution in [0.5, 0.6) is 0 Å². The number of fused-ring (bicyclic) bond motifs is 1. The maximum absolute atomic E-state index is 12.1. The first-order chi connectivity index (χ1) is 8.84. The number of aromatic amines is 1. The first-order valence-corrected chi connectivity index (χ1v) is 6.04. The minimum absolute atomic E-state index is 0.0691. The summed E-state index contributed by atoms with van der Waals surface area (Å²) in [6.45, 7) is 2.51. The van der Waals surface area contributed by atoms with Crippen LogP contribution >= 0.6 is 0 Å². The Morgan fingerprint density at radius 3 is 2.94 bits per heavy atom. The molecule has 0 radical (unpaired) electrons. The molecule has 5 nitrogen and oxygen atoms in total. The van der Waals surface area contributed by atoms with Crippen molar-refractivity contribution in [2.45, 2.75) is 0 Å². The third-order valence-electron chi connectivity index (χ3n) is 3.13. The van der Waals surface area contributed by atoms with E-state index in [-0.39, 0.29) is 6.03 Å². The van der Waals surface area contributed by atoms with E-state index in [9.17, 15) is 4.79 Å². The molecule has 1 aliphatic heterocycles. The van der Waals surface area contributed by atoms with Gasteiger partial charge in [0.2, 0.25) is 0 Å². The van der Waals surface area contributed by atoms with Gasteiger partial charge in [-0.2, -0.15) is 0 Å². The normalized spacial score (nSPS) is 15.9. The lowest BCUT2D eigenvalue weighted by Crippen LogP contribution is -2.43. The molecule has 18 heavy (non-hydrogen) atoms. The van der Waals surface area contributed by atoms with Crippen molar-refractivity contribution in [3.8, 4) is 0 Å². The number of aromatic nitrogens is 1. The van der Waals surface area contributed by atoms with Gasteiger partial charge >= 0.3 is 6.03 Å². The molecule has 2 heterocycles. The summed E-state index contributed by atoms with van der Waals surface area (Å²) in [5.41, 5.74) is 1.77. The van der Waals surface area contributed by atoms with Crippen LogP contribution < -0.4 is 5.32 Å². The molecule has 0 unspecified atom stereocenters. The van der Waals surface area contributed by atoms with Crippen LogP contribution in [0.4, 0.5) is 10.5 Å². The molecule has 2 N–H and O–H groups in total. The average Bonchev–Trinajstić information content (AvgIpc) is 2.89. The Balaban J connectivity index is 1.79. The smallest absolute Gasteiger partial charge is 0.322 e. The van der Waals surface area contributed by atoms with E-state index in [1.165, 1.54) is 0 Å². The third-order valence-corrected chi connectivity index (χ3v) is 3.13. The van der Waals surface area contributed by atoms with E-state index in [0.29, 0.717) is 26.3 Å². The Kier molecular flexibility index (Phi) is 2.90. The number of anilines is 1. The Labute approximate surface area is 105 Å². The predicted molar refractivity (Wildman–Crippen MR) is 69.7 cm³/mol. The second-order valence-electron chi connectivity index (χ2n) is 4.28. The summed E-state index contributed by atoms with van der Waals surface area (Å²) in [4.78, 5) is 17.0. The fourth-order valence-corrected chi connectivity index (χ4v) is 2.15. The Morgan fingerprint density at radius 2 is 2.11 bits per heavy atom. The molecule has 0 saturated carbocycles. The quantitative estimate of drug-likeness (QED) is 0.807. The van der Waals surface area contributed by atoms with Gasteiger partial charge in [-0.15, -0.1) is 0 Å². The summed E-state index contributed by atoms with van der Waals surface area (Å²) in [5, 5.41) is 4.03. The van der Waals surface area contributed by atoms with E-state index >= 15 is 0 Å². The zero-order chi connectivity index (χ0) is 12.4. The molecule has 1 aliphatic rings. The second-order valence-corrected chi connectivity index (χ2v) is 4.28. The lowest BCUT2D eigenvalue weighted by atomic mass is 10.2. The number of morpholine rings is 1. The van der Waals surface area contributed by atoms with E-state index < -0.39 is 0 Å². The lowest BCUT2D eigenvalue weighted by molar-refractivity contribution is 0.0565. The minimum Gasteiger partial charge on any atom is -0.378 e. The molecule has 94 valence electrons. The number of para-hydroxylation sites is 1. The highest BCUT2D eigenvalue weighted by molar-refractivity contribution is 5.99. The number of nitrogens with zero attached hydrogens (tertiary/aromatic N) is 1. The van der Waals surface area contributed by atoms with Crippen LogP contribution in [-0.2, 0) is 4.74 Å². The summed E-state index contributed by atoms with van der Waals surface area (Å²) in [6, 6.07) is 7.76. The molecule has 1 aromatic carbocycles. The van der Waals surface area contributed by atoms with Crippen molar-refractivity contribution < 1.29 is 9.53 Å². The van der Waals surface area contributed by atoms with Crippen LogP contribution in [0.3, 0.4) is 0 Å². The van der Waals surface area contributed by atoms with Crippen LogP contribution in [0, 0.1) is 0 Å². The van der Waals surface area contributed by atoms with Crippen LogP contribution in [0.15, 0.2) is 30.5 Å². The van der Waals surface area contributed by atoms with E-state index in [4.69, 9.17) is 4.74 Å². The van der Waals surface area contributed by atoms with Crippen molar-refractivity contribution in [2.24, 2.45) is 0 Å². The Hall–Kier alpha value is -2.01. The highest BCUT2D eigenvalue weighted by Gasteiger charge is 2.17. The van der Waals surface area contributed by atoms with Gasteiger partial charge in [0.25, 0.3) is 0 Å². The molecule has 1 fully saturated rings. The second kappa shape index (κ2) is 4.70. The summed E-state index contributed by atoms with van der Waals surface area (Å²) in [5.74, 6) is 0. The zero-order valence-corrected chi connectivity index (χ0v) is 9.98. The van der Waals surface area contributed by atoms with Crippen LogP contribution in [0.1, 0.15) is 0 Å². The first kappa shape index (κ1) is 11.1. The summed E-state index contributed by atoms with van der Waals surface area (Å²) >= 11 is 0. The maximum atomic E-state index is 12.1. The van der Waals surface area contributed by atoms with Crippen LogP contribution in [0.2, 0.25) is 0 Å². The monoisotopic (exact) mass is 245 g/mol. The number of urea groups is 1. The highest BCUT2D eigenvalue weighted by atomic mass is 16.5. The maximum Gasteiger partial charge on any atom is 0.322 e. The number of carbonyl (C=O) groups excluding carboxylic acids is 1. The molecule has 0 spiro atoms. The number of rotatable bonds is 1. The van der Waals surface area contributed by atoms with Crippen LogP contribution in [0.25, 0.3) is 10.9 Å². The fraction of sp³-hybridized carbons (Fsp3) is 0.308. The van der Waals surface area contributed by atoms with Gasteiger partial charge in [-0.05, 0) is 12.1 Å². The molecule has 2 amide bonds. The number of hydrogen-bond acceptors (Lipinski definition) is 2. The van der Waals surface area contributed by atoms with Crippen LogP contribution in [-0.4, -0.2) is 42.2 Å². The molecular formula is C13H15N3O2. The van der Waals surface area contributed by atoms with Gasteiger partial charge in [0.05, 0.1) is 24.4 Å². The summed E-state index contributed by atoms with van der Waals surface area (Å²) < 4.78 is 5.23. The van der Waals surface area contributed by atoms with Gasteiger partial charge < -0.3 is 19.9 Å². The van der Waals surface area contributed by atoms with Crippen molar-refractivity contribution >= 4 is 22.6 Å². The SMILES string of the molecule is O=C(Nc1cccc2cc[nH]c12)N1CCOCC1. The molecule has 0 bridgehead atoms. The largest absolute Gasteiger partial charge is 0.378 e. The predicted octanol–water partition coefficient (Wildman–Crippen LogP) is 2.03. The van der Waals surface area contributed by atoms with Gasteiger partial charge in [-0.25, -0.2) is 4.79 Å². The number of amides is 2. The zero-order valence-electron chi connectivity index (χ0n) is 9.98. The van der Waals surface area contributed by atoms with Crippen molar-refractivity contribution in [1.82, 2.24) is 9.88 Å². The van der Waals surface area contributed by atoms with E-state index in [1.54, 1.807) is 4.90 Å². The number of H-pyrrole nitrogens is 1. The molecular weight excluding hydrogens is 230 g/mol.